The maximum Gasteiger partial charge on any atom is 0.412 e. The van der Waals surface area contributed by atoms with Gasteiger partial charge in [0, 0.05) is 10.2 Å². The van der Waals surface area contributed by atoms with Crippen LogP contribution in [-0.4, -0.2) is 24.8 Å². The number of methoxy groups -OCH3 is 1. The summed E-state index contributed by atoms with van der Waals surface area (Å²) in [6.45, 7) is 7.06. The maximum absolute atomic E-state index is 11.8. The third kappa shape index (κ3) is 4.52. The summed E-state index contributed by atoms with van der Waals surface area (Å²) in [5, 5.41) is 2.63. The van der Waals surface area contributed by atoms with Crippen LogP contribution in [0.25, 0.3) is 0 Å². The van der Waals surface area contributed by atoms with E-state index in [2.05, 4.69) is 21.2 Å². The molecule has 0 heterocycles. The van der Waals surface area contributed by atoms with Crippen LogP contribution in [0.3, 0.4) is 0 Å². The molecule has 0 aliphatic rings. The number of ether oxygens (including phenoxy) is 2. The van der Waals surface area contributed by atoms with Gasteiger partial charge in [0.15, 0.2) is 0 Å². The molecule has 0 spiro atoms. The van der Waals surface area contributed by atoms with Gasteiger partial charge in [-0.3, -0.25) is 5.32 Å². The minimum atomic E-state index is -0.588. The van der Waals surface area contributed by atoms with Gasteiger partial charge in [-0.25, -0.2) is 9.59 Å². The third-order valence-electron chi connectivity index (χ3n) is 2.41. The predicted octanol–water partition coefficient (Wildman–Crippen LogP) is 3.89. The van der Waals surface area contributed by atoms with E-state index < -0.39 is 17.7 Å². The summed E-state index contributed by atoms with van der Waals surface area (Å²) < 4.78 is 10.6. The summed E-state index contributed by atoms with van der Waals surface area (Å²) in [6, 6.07) is 3.34. The molecule has 1 rings (SSSR count). The molecule has 0 atom stereocenters. The number of esters is 1. The molecule has 5 nitrogen and oxygen atoms in total. The van der Waals surface area contributed by atoms with Gasteiger partial charge in [-0.15, -0.1) is 0 Å². The standard InChI is InChI=1S/C14H18BrNO4/c1-8-10(12(17)19-5)6-9(15)7-11(8)16-13(18)20-14(2,3)4/h6-7H,1-5H3,(H,16,18). The number of anilines is 1. The highest BCUT2D eigenvalue weighted by molar-refractivity contribution is 9.10. The molecule has 0 aliphatic heterocycles. The summed E-state index contributed by atoms with van der Waals surface area (Å²) >= 11 is 3.30. The smallest absolute Gasteiger partial charge is 0.412 e. The van der Waals surface area contributed by atoms with E-state index in [0.717, 1.165) is 0 Å². The third-order valence-corrected chi connectivity index (χ3v) is 2.87. The quantitative estimate of drug-likeness (QED) is 0.827. The Morgan fingerprint density at radius 3 is 2.35 bits per heavy atom. The van der Waals surface area contributed by atoms with Gasteiger partial charge in [0.2, 0.25) is 0 Å². The normalized spacial score (nSPS) is 10.9. The Balaban J connectivity index is 3.04. The zero-order chi connectivity index (χ0) is 15.5. The zero-order valence-electron chi connectivity index (χ0n) is 12.2. The Hall–Kier alpha value is -1.56. The Labute approximate surface area is 126 Å². The van der Waals surface area contributed by atoms with E-state index in [1.807, 2.05) is 0 Å². The Morgan fingerprint density at radius 1 is 1.25 bits per heavy atom. The number of carbonyl (C=O) groups is 2. The average Bonchev–Trinajstić information content (AvgIpc) is 2.29. The lowest BCUT2D eigenvalue weighted by Crippen LogP contribution is -2.27. The van der Waals surface area contributed by atoms with E-state index in [-0.39, 0.29) is 0 Å². The number of hydrogen-bond donors (Lipinski definition) is 1. The summed E-state index contributed by atoms with van der Waals surface area (Å²) in [5.41, 5.74) is 0.905. The fourth-order valence-electron chi connectivity index (χ4n) is 1.54. The molecule has 1 aromatic rings. The Kier molecular flexibility index (Phi) is 5.16. The van der Waals surface area contributed by atoms with Crippen LogP contribution in [0.2, 0.25) is 0 Å². The van der Waals surface area contributed by atoms with E-state index in [1.165, 1.54) is 7.11 Å². The molecular formula is C14H18BrNO4. The largest absolute Gasteiger partial charge is 0.465 e. The van der Waals surface area contributed by atoms with E-state index >= 15 is 0 Å². The van der Waals surface area contributed by atoms with Crippen LogP contribution in [-0.2, 0) is 9.47 Å². The highest BCUT2D eigenvalue weighted by Crippen LogP contribution is 2.26. The van der Waals surface area contributed by atoms with Gasteiger partial charge in [-0.05, 0) is 45.4 Å². The first-order valence-corrected chi connectivity index (χ1v) is 6.82. The van der Waals surface area contributed by atoms with Crippen LogP contribution in [0, 0.1) is 6.92 Å². The average molecular weight is 344 g/mol. The molecule has 0 aliphatic carbocycles. The first-order valence-electron chi connectivity index (χ1n) is 6.02. The van der Waals surface area contributed by atoms with Crippen molar-refractivity contribution in [2.24, 2.45) is 0 Å². The molecule has 0 saturated heterocycles. The molecular weight excluding hydrogens is 326 g/mol. The lowest BCUT2D eigenvalue weighted by Gasteiger charge is -2.20. The van der Waals surface area contributed by atoms with E-state index in [0.29, 0.717) is 21.3 Å². The number of carbonyl (C=O) groups excluding carboxylic acids is 2. The number of halogens is 1. The summed E-state index contributed by atoms with van der Waals surface area (Å²) in [7, 11) is 1.31. The summed E-state index contributed by atoms with van der Waals surface area (Å²) in [5.74, 6) is -0.462. The van der Waals surface area contributed by atoms with Crippen molar-refractivity contribution in [3.63, 3.8) is 0 Å². The summed E-state index contributed by atoms with van der Waals surface area (Å²) in [6.07, 6.45) is -0.575. The molecule has 110 valence electrons. The van der Waals surface area contributed by atoms with Crippen molar-refractivity contribution in [2.45, 2.75) is 33.3 Å². The molecule has 0 fully saturated rings. The minimum Gasteiger partial charge on any atom is -0.465 e. The van der Waals surface area contributed by atoms with Crippen LogP contribution < -0.4 is 5.32 Å². The molecule has 1 amide bonds. The molecule has 6 heteroatoms. The van der Waals surface area contributed by atoms with Crippen LogP contribution in [0.1, 0.15) is 36.7 Å². The van der Waals surface area contributed by atoms with Gasteiger partial charge in [-0.1, -0.05) is 15.9 Å². The molecule has 0 unspecified atom stereocenters. The van der Waals surface area contributed by atoms with E-state index in [1.54, 1.807) is 39.8 Å². The second kappa shape index (κ2) is 6.26. The van der Waals surface area contributed by atoms with Crippen molar-refractivity contribution in [2.75, 3.05) is 12.4 Å². The number of nitrogens with one attached hydrogen (secondary N) is 1. The van der Waals surface area contributed by atoms with Gasteiger partial charge >= 0.3 is 12.1 Å². The van der Waals surface area contributed by atoms with Crippen molar-refractivity contribution in [1.29, 1.82) is 0 Å². The molecule has 1 N–H and O–H groups in total. The van der Waals surface area contributed by atoms with Crippen molar-refractivity contribution in [3.8, 4) is 0 Å². The van der Waals surface area contributed by atoms with Gasteiger partial charge in [0.1, 0.15) is 5.60 Å². The molecule has 0 saturated carbocycles. The molecule has 20 heavy (non-hydrogen) atoms. The minimum absolute atomic E-state index is 0.382. The molecule has 0 radical (unpaired) electrons. The van der Waals surface area contributed by atoms with Gasteiger partial charge in [0.25, 0.3) is 0 Å². The highest BCUT2D eigenvalue weighted by Gasteiger charge is 2.19. The number of rotatable bonds is 2. The molecule has 1 aromatic carbocycles. The van der Waals surface area contributed by atoms with Gasteiger partial charge in [-0.2, -0.15) is 0 Å². The van der Waals surface area contributed by atoms with Crippen molar-refractivity contribution >= 4 is 33.7 Å². The fraction of sp³-hybridized carbons (Fsp3) is 0.429. The second-order valence-corrected chi connectivity index (χ2v) is 6.16. The van der Waals surface area contributed by atoms with Crippen LogP contribution in [0.5, 0.6) is 0 Å². The lowest BCUT2D eigenvalue weighted by atomic mass is 10.1. The monoisotopic (exact) mass is 343 g/mol. The van der Waals surface area contributed by atoms with Crippen LogP contribution in [0.15, 0.2) is 16.6 Å². The van der Waals surface area contributed by atoms with Crippen molar-refractivity contribution < 1.29 is 19.1 Å². The Bertz CT molecular complexity index is 535. The molecule has 0 aromatic heterocycles. The van der Waals surface area contributed by atoms with Crippen LogP contribution in [0.4, 0.5) is 10.5 Å². The highest BCUT2D eigenvalue weighted by atomic mass is 79.9. The number of amides is 1. The molecule has 0 bridgehead atoms. The topological polar surface area (TPSA) is 64.6 Å². The van der Waals surface area contributed by atoms with Gasteiger partial charge in [0.05, 0.1) is 12.7 Å². The first-order chi connectivity index (χ1) is 9.14. The maximum atomic E-state index is 11.8. The fourth-order valence-corrected chi connectivity index (χ4v) is 2.00. The van der Waals surface area contributed by atoms with E-state index in [4.69, 9.17) is 9.47 Å². The second-order valence-electron chi connectivity index (χ2n) is 5.24. The SMILES string of the molecule is COC(=O)c1cc(Br)cc(NC(=O)OC(C)(C)C)c1C. The first kappa shape index (κ1) is 16.5. The zero-order valence-corrected chi connectivity index (χ0v) is 13.8. The van der Waals surface area contributed by atoms with E-state index in [9.17, 15) is 9.59 Å². The van der Waals surface area contributed by atoms with Crippen molar-refractivity contribution in [1.82, 2.24) is 0 Å². The predicted molar refractivity (Wildman–Crippen MR) is 80.1 cm³/mol. The van der Waals surface area contributed by atoms with Crippen molar-refractivity contribution in [3.05, 3.63) is 27.7 Å². The van der Waals surface area contributed by atoms with Crippen LogP contribution >= 0.6 is 15.9 Å². The van der Waals surface area contributed by atoms with Gasteiger partial charge < -0.3 is 9.47 Å². The number of benzene rings is 1. The Morgan fingerprint density at radius 2 is 1.85 bits per heavy atom. The lowest BCUT2D eigenvalue weighted by molar-refractivity contribution is 0.0595. The number of hydrogen-bond acceptors (Lipinski definition) is 4. The summed E-state index contributed by atoms with van der Waals surface area (Å²) in [4.78, 5) is 23.4.